The summed E-state index contributed by atoms with van der Waals surface area (Å²) in [4.78, 5) is 9.51. The summed E-state index contributed by atoms with van der Waals surface area (Å²) < 4.78 is 6.20. The molecule has 0 spiro atoms. The molecule has 5 rings (SSSR count). The maximum atomic E-state index is 10.3. The number of thiophene rings is 1. The minimum absolute atomic E-state index is 0.0800. The lowest BCUT2D eigenvalue weighted by atomic mass is 10.0. The monoisotopic (exact) mass is 554 g/mol. The summed E-state index contributed by atoms with van der Waals surface area (Å²) in [5, 5.41) is 22.6. The molecule has 4 aromatic rings. The Hall–Kier alpha value is -4.34. The van der Waals surface area contributed by atoms with E-state index >= 15 is 0 Å². The topological polar surface area (TPSA) is 111 Å². The van der Waals surface area contributed by atoms with Crippen molar-refractivity contribution in [3.05, 3.63) is 95.6 Å². The van der Waals surface area contributed by atoms with Crippen LogP contribution in [0.2, 0.25) is 0 Å². The zero-order chi connectivity index (χ0) is 28.2. The number of hydrogen-bond acceptors (Lipinski definition) is 8. The average molecular weight is 555 g/mol. The Bertz CT molecular complexity index is 1510. The lowest BCUT2D eigenvalue weighted by molar-refractivity contribution is 0.222. The predicted octanol–water partition coefficient (Wildman–Crippen LogP) is 5.94. The van der Waals surface area contributed by atoms with Gasteiger partial charge in [0.2, 0.25) is 0 Å². The zero-order valence-electron chi connectivity index (χ0n) is 22.7. The van der Waals surface area contributed by atoms with Crippen LogP contribution >= 0.6 is 11.3 Å². The number of phenolic OH excluding ortho intramolecular Hbond substituents is 1. The van der Waals surface area contributed by atoms with E-state index in [4.69, 9.17) is 20.9 Å². The number of nitrogen functional groups attached to an aromatic ring is 1. The van der Waals surface area contributed by atoms with E-state index < -0.39 is 6.10 Å². The highest BCUT2D eigenvalue weighted by molar-refractivity contribution is 7.18. The van der Waals surface area contributed by atoms with Gasteiger partial charge in [-0.05, 0) is 55.3 Å². The number of hydrogen-bond donors (Lipinski definition) is 4. The van der Waals surface area contributed by atoms with Gasteiger partial charge in [0, 0.05) is 61.5 Å². The summed E-state index contributed by atoms with van der Waals surface area (Å²) in [5.41, 5.74) is 10.8. The van der Waals surface area contributed by atoms with Gasteiger partial charge in [-0.3, -0.25) is 5.41 Å². The van der Waals surface area contributed by atoms with Crippen molar-refractivity contribution in [1.82, 2.24) is 10.3 Å². The summed E-state index contributed by atoms with van der Waals surface area (Å²) in [6, 6.07) is 19.4. The molecule has 2 aromatic carbocycles. The van der Waals surface area contributed by atoms with Crippen molar-refractivity contribution in [3.63, 3.8) is 0 Å². The quantitative estimate of drug-likeness (QED) is 0.150. The number of nitrogens with zero attached hydrogens (tertiary/aromatic N) is 3. The lowest BCUT2D eigenvalue weighted by Gasteiger charge is -2.28. The number of amidine groups is 1. The first-order valence-electron chi connectivity index (χ1n) is 13.2. The number of para-hydroxylation sites is 1. The summed E-state index contributed by atoms with van der Waals surface area (Å²) in [5.74, 6) is 1.57. The van der Waals surface area contributed by atoms with Gasteiger partial charge in [0.15, 0.2) is 0 Å². The van der Waals surface area contributed by atoms with E-state index in [1.807, 2.05) is 36.2 Å². The number of aromatic nitrogens is 1. The molecule has 0 saturated carbocycles. The molecule has 40 heavy (non-hydrogen) atoms. The van der Waals surface area contributed by atoms with Gasteiger partial charge in [-0.1, -0.05) is 30.8 Å². The molecule has 1 atom stereocenters. The van der Waals surface area contributed by atoms with Crippen molar-refractivity contribution >= 4 is 33.7 Å². The number of rotatable bonds is 9. The van der Waals surface area contributed by atoms with Crippen LogP contribution in [0, 0.1) is 12.3 Å². The number of ether oxygens (including phenoxy) is 1. The largest absolute Gasteiger partial charge is 0.508 e. The first-order chi connectivity index (χ1) is 19.4. The van der Waals surface area contributed by atoms with Gasteiger partial charge in [-0.15, -0.1) is 11.3 Å². The van der Waals surface area contributed by atoms with Crippen LogP contribution in [0.3, 0.4) is 0 Å². The first kappa shape index (κ1) is 27.2. The van der Waals surface area contributed by atoms with Crippen LogP contribution in [0.1, 0.15) is 29.0 Å². The van der Waals surface area contributed by atoms with Crippen molar-refractivity contribution < 1.29 is 9.84 Å². The summed E-state index contributed by atoms with van der Waals surface area (Å²) in [6.45, 7) is 11.9. The standard InChI is InChI=1S/C31H34N6O2S/c1-4-37(29-18-27(30(40-29)31(32)33)39-21(3)24-7-5-6-8-26(24)38)25-11-9-22(17-20(25)2)23-10-12-28(35-19-23)36-15-13-34-14-16-36/h4-12,17-19,21,34,38H,1,13-16H2,2-3H3,(H3,32,33). The van der Waals surface area contributed by atoms with Crippen LogP contribution in [0.15, 0.2) is 79.6 Å². The van der Waals surface area contributed by atoms with Crippen LogP contribution in [-0.4, -0.2) is 42.1 Å². The molecule has 2 aromatic heterocycles. The highest BCUT2D eigenvalue weighted by atomic mass is 32.1. The van der Waals surface area contributed by atoms with E-state index in [9.17, 15) is 5.11 Å². The molecule has 0 amide bonds. The minimum atomic E-state index is -0.438. The molecule has 0 bridgehead atoms. The number of benzene rings is 2. The fourth-order valence-corrected chi connectivity index (χ4v) is 5.86. The molecule has 1 aliphatic heterocycles. The van der Waals surface area contributed by atoms with Gasteiger partial charge in [-0.25, -0.2) is 4.98 Å². The van der Waals surface area contributed by atoms with E-state index in [2.05, 4.69) is 54.1 Å². The molecule has 5 N–H and O–H groups in total. The summed E-state index contributed by atoms with van der Waals surface area (Å²) >= 11 is 1.36. The third kappa shape index (κ3) is 5.66. The maximum Gasteiger partial charge on any atom is 0.144 e. The molecule has 8 nitrogen and oxygen atoms in total. The van der Waals surface area contributed by atoms with Gasteiger partial charge in [-0.2, -0.15) is 0 Å². The lowest BCUT2D eigenvalue weighted by Crippen LogP contribution is -2.43. The van der Waals surface area contributed by atoms with Crippen molar-refractivity contribution in [2.45, 2.75) is 20.0 Å². The third-order valence-corrected chi connectivity index (χ3v) is 8.16. The molecular weight excluding hydrogens is 520 g/mol. The van der Waals surface area contributed by atoms with Crippen LogP contribution < -0.4 is 25.6 Å². The van der Waals surface area contributed by atoms with Gasteiger partial charge in [0.05, 0.1) is 0 Å². The Morgan fingerprint density at radius 2 is 1.93 bits per heavy atom. The van der Waals surface area contributed by atoms with Crippen LogP contribution in [-0.2, 0) is 0 Å². The Morgan fingerprint density at radius 3 is 2.58 bits per heavy atom. The molecule has 1 saturated heterocycles. The molecule has 0 radical (unpaired) electrons. The number of aromatic hydroxyl groups is 1. The summed E-state index contributed by atoms with van der Waals surface area (Å²) in [7, 11) is 0. The van der Waals surface area contributed by atoms with E-state index in [-0.39, 0.29) is 11.6 Å². The number of piperazine rings is 1. The van der Waals surface area contributed by atoms with Crippen molar-refractivity contribution in [3.8, 4) is 22.6 Å². The molecule has 9 heteroatoms. The molecule has 206 valence electrons. The number of phenols is 1. The summed E-state index contributed by atoms with van der Waals surface area (Å²) in [6.07, 6.45) is 3.24. The normalized spacial score (nSPS) is 14.0. The highest BCUT2D eigenvalue weighted by Gasteiger charge is 2.21. The molecule has 1 unspecified atom stereocenters. The Labute approximate surface area is 238 Å². The Morgan fingerprint density at radius 1 is 1.18 bits per heavy atom. The van der Waals surface area contributed by atoms with Crippen molar-refractivity contribution in [1.29, 1.82) is 5.41 Å². The van der Waals surface area contributed by atoms with Crippen LogP contribution in [0.25, 0.3) is 11.1 Å². The van der Waals surface area contributed by atoms with Gasteiger partial charge >= 0.3 is 0 Å². The Balaban J connectivity index is 1.39. The minimum Gasteiger partial charge on any atom is -0.508 e. The van der Waals surface area contributed by atoms with Crippen molar-refractivity contribution in [2.24, 2.45) is 5.73 Å². The SMILES string of the molecule is C=CN(c1cc(OC(C)c2ccccc2O)c(C(=N)N)s1)c1ccc(-c2ccc(N3CCNCC3)nc2)cc1C. The van der Waals surface area contributed by atoms with Gasteiger partial charge < -0.3 is 30.7 Å². The number of anilines is 3. The predicted molar refractivity (Wildman–Crippen MR) is 164 cm³/mol. The number of nitrogens with two attached hydrogens (primary N) is 1. The maximum absolute atomic E-state index is 10.3. The first-order valence-corrected chi connectivity index (χ1v) is 14.0. The molecule has 0 aliphatic carbocycles. The fraction of sp³-hybridized carbons (Fsp3) is 0.226. The second kappa shape index (κ2) is 11.8. The highest BCUT2D eigenvalue weighted by Crippen LogP contribution is 2.42. The van der Waals surface area contributed by atoms with Crippen LogP contribution in [0.5, 0.6) is 11.5 Å². The van der Waals surface area contributed by atoms with Gasteiger partial charge in [0.1, 0.15) is 39.1 Å². The molecule has 1 aliphatic rings. The molecule has 1 fully saturated rings. The van der Waals surface area contributed by atoms with E-state index in [1.165, 1.54) is 11.3 Å². The molecule has 3 heterocycles. The average Bonchev–Trinajstić information content (AvgIpc) is 3.38. The number of nitrogens with one attached hydrogen (secondary N) is 2. The van der Waals surface area contributed by atoms with Crippen molar-refractivity contribution in [2.75, 3.05) is 36.0 Å². The Kier molecular flexibility index (Phi) is 8.04. The van der Waals surface area contributed by atoms with E-state index in [1.54, 1.807) is 18.3 Å². The van der Waals surface area contributed by atoms with Gasteiger partial charge in [0.25, 0.3) is 0 Å². The smallest absolute Gasteiger partial charge is 0.144 e. The zero-order valence-corrected chi connectivity index (χ0v) is 23.5. The second-order valence-corrected chi connectivity index (χ2v) is 10.7. The molecular formula is C31H34N6O2S. The number of aryl methyl sites for hydroxylation is 1. The third-order valence-electron chi connectivity index (χ3n) is 7.01. The number of pyridine rings is 1. The van der Waals surface area contributed by atoms with E-state index in [0.717, 1.165) is 59.4 Å². The van der Waals surface area contributed by atoms with E-state index in [0.29, 0.717) is 16.2 Å². The second-order valence-electron chi connectivity index (χ2n) is 9.71. The fourth-order valence-electron chi connectivity index (χ4n) is 4.89. The van der Waals surface area contributed by atoms with Crippen LogP contribution in [0.4, 0.5) is 16.5 Å².